The molecule has 0 aliphatic carbocycles. The van der Waals surface area contributed by atoms with Crippen molar-refractivity contribution in [1.82, 2.24) is 24.7 Å². The molecule has 0 aliphatic rings. The Morgan fingerprint density at radius 3 is 2.62 bits per heavy atom. The van der Waals surface area contributed by atoms with E-state index in [9.17, 15) is 14.4 Å². The Kier molecular flexibility index (Phi) is 8.57. The summed E-state index contributed by atoms with van der Waals surface area (Å²) < 4.78 is 7.14. The van der Waals surface area contributed by atoms with Gasteiger partial charge in [0.2, 0.25) is 5.91 Å². The second kappa shape index (κ2) is 12.2. The first-order valence-electron chi connectivity index (χ1n) is 11.9. The number of anilines is 1. The lowest BCUT2D eigenvalue weighted by atomic mass is 10.1. The molecule has 0 unspecified atom stereocenters. The van der Waals surface area contributed by atoms with Crippen molar-refractivity contribution in [2.45, 2.75) is 37.8 Å². The van der Waals surface area contributed by atoms with E-state index < -0.39 is 11.2 Å². The van der Waals surface area contributed by atoms with Crippen molar-refractivity contribution < 1.29 is 9.53 Å². The highest BCUT2D eigenvalue weighted by Gasteiger charge is 2.17. The fourth-order valence-electron chi connectivity index (χ4n) is 3.76. The summed E-state index contributed by atoms with van der Waals surface area (Å²) in [7, 11) is 1.57. The van der Waals surface area contributed by atoms with Crippen LogP contribution < -0.4 is 21.3 Å². The van der Waals surface area contributed by atoms with E-state index in [1.807, 2.05) is 48.5 Å². The number of rotatable bonds is 11. The summed E-state index contributed by atoms with van der Waals surface area (Å²) in [6, 6.07) is 16.5. The average molecular weight is 521 g/mol. The smallest absolute Gasteiger partial charge is 0.325 e. The number of nitrogens with zero attached hydrogens (tertiary/aromatic N) is 3. The predicted molar refractivity (Wildman–Crippen MR) is 143 cm³/mol. The van der Waals surface area contributed by atoms with Crippen molar-refractivity contribution in [3.05, 3.63) is 92.5 Å². The van der Waals surface area contributed by atoms with E-state index in [0.717, 1.165) is 30.6 Å². The number of unbranched alkanes of at least 4 members (excludes halogenated alkanes) is 1. The summed E-state index contributed by atoms with van der Waals surface area (Å²) in [5.41, 5.74) is 1.99. The maximum absolute atomic E-state index is 12.7. The van der Waals surface area contributed by atoms with Gasteiger partial charge in [-0.15, -0.1) is 10.2 Å². The van der Waals surface area contributed by atoms with Crippen molar-refractivity contribution >= 4 is 23.4 Å². The molecule has 2 heterocycles. The molecule has 0 spiro atoms. The maximum Gasteiger partial charge on any atom is 0.325 e. The van der Waals surface area contributed by atoms with Crippen LogP contribution in [0.2, 0.25) is 0 Å². The minimum atomic E-state index is -0.598. The fraction of sp³-hybridized carbons (Fsp3) is 0.269. The Balaban J connectivity index is 1.53. The molecule has 2 aromatic carbocycles. The lowest BCUT2D eigenvalue weighted by molar-refractivity contribution is -0.113. The van der Waals surface area contributed by atoms with Crippen LogP contribution >= 0.6 is 11.8 Å². The number of methoxy groups -OCH3 is 1. The van der Waals surface area contributed by atoms with Gasteiger partial charge in [0.1, 0.15) is 11.6 Å². The molecule has 37 heavy (non-hydrogen) atoms. The van der Waals surface area contributed by atoms with Crippen LogP contribution in [0.25, 0.3) is 5.69 Å². The second-order valence-electron chi connectivity index (χ2n) is 8.36. The monoisotopic (exact) mass is 520 g/mol. The number of hydrogen-bond donors (Lipinski definition) is 3. The third kappa shape index (κ3) is 6.98. The normalized spacial score (nSPS) is 10.9. The zero-order chi connectivity index (χ0) is 26.2. The molecule has 0 bridgehead atoms. The highest BCUT2D eigenvalue weighted by molar-refractivity contribution is 7.99. The van der Waals surface area contributed by atoms with Gasteiger partial charge in [-0.3, -0.25) is 19.1 Å². The fourth-order valence-corrected chi connectivity index (χ4v) is 4.54. The topological polar surface area (TPSA) is 135 Å². The number of benzene rings is 2. The molecule has 1 amide bonds. The molecule has 0 aliphatic heterocycles. The number of aromatic nitrogens is 5. The number of nitrogens with one attached hydrogen (secondary N) is 3. The molecule has 0 atom stereocenters. The number of H-pyrrole nitrogens is 2. The van der Waals surface area contributed by atoms with Crippen LogP contribution in [0.4, 0.5) is 5.69 Å². The summed E-state index contributed by atoms with van der Waals surface area (Å²) in [5, 5.41) is 12.0. The predicted octanol–water partition coefficient (Wildman–Crippen LogP) is 3.32. The largest absolute Gasteiger partial charge is 0.497 e. The molecular weight excluding hydrogens is 492 g/mol. The van der Waals surface area contributed by atoms with Crippen LogP contribution in [-0.2, 0) is 17.6 Å². The first kappa shape index (κ1) is 26.0. The van der Waals surface area contributed by atoms with Crippen LogP contribution in [0.3, 0.4) is 0 Å². The number of carbonyl (C=O) groups excluding carboxylic acids is 1. The maximum atomic E-state index is 12.7. The first-order chi connectivity index (χ1) is 17.9. The molecule has 3 N–H and O–H groups in total. The van der Waals surface area contributed by atoms with Crippen LogP contribution in [0, 0.1) is 0 Å². The third-order valence-corrected chi connectivity index (χ3v) is 6.49. The van der Waals surface area contributed by atoms with Gasteiger partial charge in [-0.1, -0.05) is 43.3 Å². The highest BCUT2D eigenvalue weighted by atomic mass is 32.2. The van der Waals surface area contributed by atoms with Gasteiger partial charge in [-0.2, -0.15) is 0 Å². The van der Waals surface area contributed by atoms with E-state index in [4.69, 9.17) is 4.74 Å². The first-order valence-corrected chi connectivity index (χ1v) is 12.9. The minimum Gasteiger partial charge on any atom is -0.497 e. The van der Waals surface area contributed by atoms with Crippen LogP contribution in [-0.4, -0.2) is 43.5 Å². The molecule has 0 radical (unpaired) electrons. The summed E-state index contributed by atoms with van der Waals surface area (Å²) in [6.45, 7) is 2.16. The Morgan fingerprint density at radius 2 is 1.89 bits per heavy atom. The van der Waals surface area contributed by atoms with Gasteiger partial charge in [-0.25, -0.2) is 4.79 Å². The zero-order valence-electron chi connectivity index (χ0n) is 20.6. The van der Waals surface area contributed by atoms with Gasteiger partial charge in [0.15, 0.2) is 5.16 Å². The molecule has 2 aromatic heterocycles. The molecule has 192 valence electrons. The van der Waals surface area contributed by atoms with E-state index in [0.29, 0.717) is 22.4 Å². The minimum absolute atomic E-state index is 0.113. The summed E-state index contributed by atoms with van der Waals surface area (Å²) in [4.78, 5) is 40.9. The van der Waals surface area contributed by atoms with Gasteiger partial charge in [0, 0.05) is 29.9 Å². The second-order valence-corrected chi connectivity index (χ2v) is 9.31. The van der Waals surface area contributed by atoms with Crippen molar-refractivity contribution in [3.63, 3.8) is 0 Å². The SMILES string of the molecule is CCCCc1ccc(NC(=O)CSc2nnc(Cc3cc(=O)[nH]c(=O)[nH]3)n2-c2cccc(OC)c2)cc1. The Hall–Kier alpha value is -4.12. The zero-order valence-corrected chi connectivity index (χ0v) is 21.4. The highest BCUT2D eigenvalue weighted by Crippen LogP contribution is 2.26. The molecule has 4 aromatic rings. The summed E-state index contributed by atoms with van der Waals surface area (Å²) >= 11 is 1.23. The Bertz CT molecular complexity index is 1450. The van der Waals surface area contributed by atoms with Crippen LogP contribution in [0.1, 0.15) is 36.8 Å². The Labute approximate surface area is 217 Å². The lowest BCUT2D eigenvalue weighted by Gasteiger charge is -2.12. The van der Waals surface area contributed by atoms with E-state index >= 15 is 0 Å². The van der Waals surface area contributed by atoms with Gasteiger partial charge >= 0.3 is 5.69 Å². The quantitative estimate of drug-likeness (QED) is 0.258. The number of aromatic amines is 2. The number of carbonyl (C=O) groups is 1. The summed E-state index contributed by atoms with van der Waals surface area (Å²) in [6.07, 6.45) is 3.45. The molecule has 11 heteroatoms. The number of ether oxygens (including phenoxy) is 1. The molecular formula is C26H28N6O4S. The summed E-state index contributed by atoms with van der Waals surface area (Å²) in [5.74, 6) is 1.06. The number of aryl methyl sites for hydroxylation is 1. The van der Waals surface area contributed by atoms with Crippen molar-refractivity contribution in [3.8, 4) is 11.4 Å². The van der Waals surface area contributed by atoms with Gasteiger partial charge in [0.25, 0.3) is 5.56 Å². The van der Waals surface area contributed by atoms with Gasteiger partial charge in [-0.05, 0) is 42.7 Å². The molecule has 0 fully saturated rings. The van der Waals surface area contributed by atoms with Crippen molar-refractivity contribution in [2.75, 3.05) is 18.2 Å². The van der Waals surface area contributed by atoms with E-state index in [-0.39, 0.29) is 18.1 Å². The number of thioether (sulfide) groups is 1. The Morgan fingerprint density at radius 1 is 1.08 bits per heavy atom. The molecule has 10 nitrogen and oxygen atoms in total. The molecule has 0 saturated carbocycles. The molecule has 4 rings (SSSR count). The van der Waals surface area contributed by atoms with E-state index in [1.165, 1.54) is 23.4 Å². The van der Waals surface area contributed by atoms with E-state index in [2.05, 4.69) is 32.4 Å². The van der Waals surface area contributed by atoms with Crippen LogP contribution in [0.15, 0.2) is 69.3 Å². The average Bonchev–Trinajstić information content (AvgIpc) is 3.28. The number of amides is 1. The number of hydrogen-bond acceptors (Lipinski definition) is 7. The standard InChI is InChI=1S/C26H28N6O4S/c1-3-4-6-17-9-11-18(12-10-17)27-24(34)16-37-26-31-30-22(13-19-14-23(33)29-25(35)28-19)32(26)20-7-5-8-21(15-20)36-2/h5,7-12,14-15H,3-4,6,13,16H2,1-2H3,(H,27,34)(H2,28,29,33,35). The van der Waals surface area contributed by atoms with E-state index in [1.54, 1.807) is 11.7 Å². The lowest BCUT2D eigenvalue weighted by Crippen LogP contribution is -2.23. The van der Waals surface area contributed by atoms with Gasteiger partial charge in [0.05, 0.1) is 18.6 Å². The third-order valence-electron chi connectivity index (χ3n) is 5.57. The van der Waals surface area contributed by atoms with Crippen molar-refractivity contribution in [2.24, 2.45) is 0 Å². The molecule has 0 saturated heterocycles. The van der Waals surface area contributed by atoms with Crippen LogP contribution in [0.5, 0.6) is 5.75 Å². The van der Waals surface area contributed by atoms with Gasteiger partial charge < -0.3 is 15.0 Å². The van der Waals surface area contributed by atoms with Crippen molar-refractivity contribution in [1.29, 1.82) is 0 Å².